The van der Waals surface area contributed by atoms with E-state index in [-0.39, 0.29) is 0 Å². The van der Waals surface area contributed by atoms with Gasteiger partial charge in [0.15, 0.2) is 0 Å². The van der Waals surface area contributed by atoms with Gasteiger partial charge in [0.2, 0.25) is 0 Å². The van der Waals surface area contributed by atoms with Crippen molar-refractivity contribution < 1.29 is 9.47 Å². The van der Waals surface area contributed by atoms with E-state index in [0.717, 1.165) is 48.9 Å². The van der Waals surface area contributed by atoms with Crippen molar-refractivity contribution in [2.75, 3.05) is 26.9 Å². The number of hydrogen-bond acceptors (Lipinski definition) is 3. The molecule has 1 aliphatic carbocycles. The molecule has 0 amide bonds. The molecule has 1 aliphatic rings. The van der Waals surface area contributed by atoms with E-state index in [9.17, 15) is 0 Å². The number of rotatable bonds is 9. The molecule has 0 saturated heterocycles. The SMILES string of the molecule is COc1ccc(CNCCCOCC2CC2)cc1Br. The van der Waals surface area contributed by atoms with Crippen molar-refractivity contribution in [1.29, 1.82) is 0 Å². The van der Waals surface area contributed by atoms with Gasteiger partial charge in [-0.05, 0) is 65.4 Å². The Bertz CT molecular complexity index is 394. The average Bonchev–Trinajstić information content (AvgIpc) is 3.22. The second-order valence-corrected chi connectivity index (χ2v) is 5.87. The molecule has 1 aromatic rings. The predicted molar refractivity (Wildman–Crippen MR) is 80.6 cm³/mol. The first kappa shape index (κ1) is 14.8. The largest absolute Gasteiger partial charge is 0.496 e. The van der Waals surface area contributed by atoms with Gasteiger partial charge in [-0.2, -0.15) is 0 Å². The fourth-order valence-electron chi connectivity index (χ4n) is 1.89. The van der Waals surface area contributed by atoms with Crippen LogP contribution in [0.25, 0.3) is 0 Å². The first-order valence-corrected chi connectivity index (χ1v) is 7.70. The lowest BCUT2D eigenvalue weighted by Gasteiger charge is -2.08. The van der Waals surface area contributed by atoms with Crippen molar-refractivity contribution in [2.45, 2.75) is 25.8 Å². The van der Waals surface area contributed by atoms with Gasteiger partial charge in [-0.1, -0.05) is 6.07 Å². The number of halogens is 1. The zero-order chi connectivity index (χ0) is 13.5. The maximum Gasteiger partial charge on any atom is 0.133 e. The molecule has 2 rings (SSSR count). The molecule has 3 nitrogen and oxygen atoms in total. The highest BCUT2D eigenvalue weighted by atomic mass is 79.9. The molecule has 0 unspecified atom stereocenters. The summed E-state index contributed by atoms with van der Waals surface area (Å²) in [5.41, 5.74) is 1.26. The lowest BCUT2D eigenvalue weighted by atomic mass is 10.2. The second-order valence-electron chi connectivity index (χ2n) is 5.02. The van der Waals surface area contributed by atoms with E-state index < -0.39 is 0 Å². The topological polar surface area (TPSA) is 30.5 Å². The molecule has 0 atom stereocenters. The Hall–Kier alpha value is -0.580. The van der Waals surface area contributed by atoms with Gasteiger partial charge in [0, 0.05) is 19.8 Å². The van der Waals surface area contributed by atoms with Crippen LogP contribution in [0.4, 0.5) is 0 Å². The van der Waals surface area contributed by atoms with Crippen LogP contribution in [-0.2, 0) is 11.3 Å². The summed E-state index contributed by atoms with van der Waals surface area (Å²) in [4.78, 5) is 0. The molecule has 0 radical (unpaired) electrons. The number of methoxy groups -OCH3 is 1. The average molecular weight is 328 g/mol. The zero-order valence-electron chi connectivity index (χ0n) is 11.5. The number of nitrogens with one attached hydrogen (secondary N) is 1. The van der Waals surface area contributed by atoms with Crippen LogP contribution in [0.2, 0.25) is 0 Å². The lowest BCUT2D eigenvalue weighted by molar-refractivity contribution is 0.122. The van der Waals surface area contributed by atoms with Crippen LogP contribution in [0, 0.1) is 5.92 Å². The molecule has 4 heteroatoms. The summed E-state index contributed by atoms with van der Waals surface area (Å²) in [6.45, 7) is 3.71. The van der Waals surface area contributed by atoms with Gasteiger partial charge in [-0.15, -0.1) is 0 Å². The van der Waals surface area contributed by atoms with E-state index in [1.807, 2.05) is 6.07 Å². The Morgan fingerprint density at radius 2 is 2.21 bits per heavy atom. The van der Waals surface area contributed by atoms with Crippen molar-refractivity contribution in [3.63, 3.8) is 0 Å². The van der Waals surface area contributed by atoms with Crippen LogP contribution < -0.4 is 10.1 Å². The van der Waals surface area contributed by atoms with Crippen molar-refractivity contribution in [1.82, 2.24) is 5.32 Å². The molecule has 0 spiro atoms. The summed E-state index contributed by atoms with van der Waals surface area (Å²) in [7, 11) is 1.68. The third-order valence-electron chi connectivity index (χ3n) is 3.24. The van der Waals surface area contributed by atoms with Crippen molar-refractivity contribution in [3.05, 3.63) is 28.2 Å². The van der Waals surface area contributed by atoms with E-state index in [0.29, 0.717) is 0 Å². The second kappa shape index (κ2) is 7.88. The molecule has 19 heavy (non-hydrogen) atoms. The van der Waals surface area contributed by atoms with Crippen LogP contribution in [0.5, 0.6) is 5.75 Å². The molecular formula is C15H22BrNO2. The Kier molecular flexibility index (Phi) is 6.14. The van der Waals surface area contributed by atoms with Crippen LogP contribution in [0.3, 0.4) is 0 Å². The van der Waals surface area contributed by atoms with Gasteiger partial charge in [-0.25, -0.2) is 0 Å². The number of benzene rings is 1. The monoisotopic (exact) mass is 327 g/mol. The number of ether oxygens (including phenoxy) is 2. The molecule has 106 valence electrons. The molecule has 1 saturated carbocycles. The smallest absolute Gasteiger partial charge is 0.133 e. The summed E-state index contributed by atoms with van der Waals surface area (Å²) in [5.74, 6) is 1.74. The molecular weight excluding hydrogens is 306 g/mol. The van der Waals surface area contributed by atoms with Gasteiger partial charge < -0.3 is 14.8 Å². The highest BCUT2D eigenvalue weighted by Crippen LogP contribution is 2.28. The number of hydrogen-bond donors (Lipinski definition) is 1. The van der Waals surface area contributed by atoms with E-state index in [1.165, 1.54) is 18.4 Å². The molecule has 1 fully saturated rings. The van der Waals surface area contributed by atoms with E-state index >= 15 is 0 Å². The first-order chi connectivity index (χ1) is 9.29. The third-order valence-corrected chi connectivity index (χ3v) is 3.86. The van der Waals surface area contributed by atoms with Gasteiger partial charge in [0.1, 0.15) is 5.75 Å². The lowest BCUT2D eigenvalue weighted by Crippen LogP contribution is -2.16. The van der Waals surface area contributed by atoms with Crippen LogP contribution in [-0.4, -0.2) is 26.9 Å². The highest BCUT2D eigenvalue weighted by Gasteiger charge is 2.20. The molecule has 0 aromatic heterocycles. The van der Waals surface area contributed by atoms with E-state index in [1.54, 1.807) is 7.11 Å². The minimum absolute atomic E-state index is 0.865. The molecule has 0 heterocycles. The van der Waals surface area contributed by atoms with Gasteiger partial charge >= 0.3 is 0 Å². The van der Waals surface area contributed by atoms with Crippen LogP contribution >= 0.6 is 15.9 Å². The maximum absolute atomic E-state index is 5.60. The standard InChI is InChI=1S/C15H22BrNO2/c1-18-15-6-5-13(9-14(15)16)10-17-7-2-8-19-11-12-3-4-12/h5-6,9,12,17H,2-4,7-8,10-11H2,1H3. The third kappa shape index (κ3) is 5.51. The Balaban J connectivity index is 1.55. The maximum atomic E-state index is 5.60. The molecule has 0 aliphatic heterocycles. The summed E-state index contributed by atoms with van der Waals surface area (Å²) in [6, 6.07) is 6.16. The summed E-state index contributed by atoms with van der Waals surface area (Å²) in [6.07, 6.45) is 3.80. The van der Waals surface area contributed by atoms with Crippen LogP contribution in [0.15, 0.2) is 22.7 Å². The normalized spacial score (nSPS) is 14.6. The summed E-state index contributed by atoms with van der Waals surface area (Å²) >= 11 is 3.50. The molecule has 0 bridgehead atoms. The summed E-state index contributed by atoms with van der Waals surface area (Å²) < 4.78 is 11.8. The zero-order valence-corrected chi connectivity index (χ0v) is 13.0. The first-order valence-electron chi connectivity index (χ1n) is 6.90. The van der Waals surface area contributed by atoms with Gasteiger partial charge in [-0.3, -0.25) is 0 Å². The Morgan fingerprint density at radius 1 is 1.37 bits per heavy atom. The predicted octanol–water partition coefficient (Wildman–Crippen LogP) is 3.36. The Morgan fingerprint density at radius 3 is 2.89 bits per heavy atom. The van der Waals surface area contributed by atoms with Crippen molar-refractivity contribution in [2.24, 2.45) is 5.92 Å². The fourth-order valence-corrected chi connectivity index (χ4v) is 2.47. The van der Waals surface area contributed by atoms with Crippen molar-refractivity contribution >= 4 is 15.9 Å². The van der Waals surface area contributed by atoms with Crippen molar-refractivity contribution in [3.8, 4) is 5.75 Å². The minimum Gasteiger partial charge on any atom is -0.496 e. The quantitative estimate of drug-likeness (QED) is 0.705. The molecule has 1 aromatic carbocycles. The van der Waals surface area contributed by atoms with Gasteiger partial charge in [0.05, 0.1) is 11.6 Å². The van der Waals surface area contributed by atoms with Gasteiger partial charge in [0.25, 0.3) is 0 Å². The molecule has 1 N–H and O–H groups in total. The Labute approximate surface area is 123 Å². The van der Waals surface area contributed by atoms with E-state index in [2.05, 4.69) is 33.4 Å². The fraction of sp³-hybridized carbons (Fsp3) is 0.600. The van der Waals surface area contributed by atoms with Crippen LogP contribution in [0.1, 0.15) is 24.8 Å². The minimum atomic E-state index is 0.865. The highest BCUT2D eigenvalue weighted by molar-refractivity contribution is 9.10. The summed E-state index contributed by atoms with van der Waals surface area (Å²) in [5, 5.41) is 3.43. The van der Waals surface area contributed by atoms with E-state index in [4.69, 9.17) is 9.47 Å².